The highest BCUT2D eigenvalue weighted by Crippen LogP contribution is 2.32. The van der Waals surface area contributed by atoms with E-state index in [1.54, 1.807) is 4.90 Å². The molecule has 2 saturated heterocycles. The molecule has 1 N–H and O–H groups in total. The lowest BCUT2D eigenvalue weighted by Gasteiger charge is -2.31. The lowest BCUT2D eigenvalue weighted by Crippen LogP contribution is -2.38. The van der Waals surface area contributed by atoms with Gasteiger partial charge in [-0.2, -0.15) is 0 Å². The van der Waals surface area contributed by atoms with Crippen molar-refractivity contribution in [1.82, 2.24) is 19.8 Å². The summed E-state index contributed by atoms with van der Waals surface area (Å²) in [5, 5.41) is 4.06. The lowest BCUT2D eigenvalue weighted by molar-refractivity contribution is -0.126. The number of benzene rings is 1. The highest BCUT2D eigenvalue weighted by Gasteiger charge is 2.32. The number of rotatable bonds is 4. The molecule has 0 spiro atoms. The normalized spacial score (nSPS) is 19.7. The molecule has 1 unspecified atom stereocenters. The number of fused-ring (bicyclic) bond motifs is 1. The number of carbonyl (C=O) groups is 2. The van der Waals surface area contributed by atoms with Crippen LogP contribution in [-0.2, 0) is 4.79 Å². The van der Waals surface area contributed by atoms with Gasteiger partial charge in [-0.05, 0) is 25.0 Å². The molecule has 8 heteroatoms. The third-order valence-corrected chi connectivity index (χ3v) is 6.56. The van der Waals surface area contributed by atoms with Gasteiger partial charge in [0.25, 0.3) is 5.91 Å². The molecule has 8 nitrogen and oxygen atoms in total. The molecular weight excluding hydrogens is 406 g/mol. The van der Waals surface area contributed by atoms with Crippen molar-refractivity contribution in [3.05, 3.63) is 53.7 Å². The standard InChI is InChI=1S/C24H27N5O3/c1-25-21-13-18(17-12-22(30)28(2)14-17)26-23(27-21)15-7-9-29(10-8-15)24(31)20-11-16-5-3-4-6-19(16)32-20/h3-6,11,13,15,17H,7-10,12,14H2,1-2H3,(H,25,26,27). The van der Waals surface area contributed by atoms with Gasteiger partial charge in [-0.3, -0.25) is 9.59 Å². The van der Waals surface area contributed by atoms with Crippen molar-refractivity contribution in [2.24, 2.45) is 0 Å². The molecule has 166 valence electrons. The van der Waals surface area contributed by atoms with Crippen LogP contribution in [-0.4, -0.2) is 65.3 Å². The Morgan fingerprint density at radius 2 is 1.91 bits per heavy atom. The first kappa shape index (κ1) is 20.5. The monoisotopic (exact) mass is 433 g/mol. The van der Waals surface area contributed by atoms with Crippen LogP contribution in [0.4, 0.5) is 5.82 Å². The second-order valence-electron chi connectivity index (χ2n) is 8.68. The van der Waals surface area contributed by atoms with Crippen molar-refractivity contribution in [2.75, 3.05) is 39.0 Å². The van der Waals surface area contributed by atoms with E-state index in [-0.39, 0.29) is 23.7 Å². The maximum atomic E-state index is 13.0. The first-order valence-corrected chi connectivity index (χ1v) is 11.1. The molecular formula is C24H27N5O3. The highest BCUT2D eigenvalue weighted by atomic mass is 16.3. The van der Waals surface area contributed by atoms with Crippen LogP contribution in [0.3, 0.4) is 0 Å². The topological polar surface area (TPSA) is 91.6 Å². The molecule has 0 aliphatic carbocycles. The molecule has 0 bridgehead atoms. The van der Waals surface area contributed by atoms with Gasteiger partial charge in [-0.15, -0.1) is 0 Å². The molecule has 32 heavy (non-hydrogen) atoms. The number of anilines is 1. The number of aromatic nitrogens is 2. The van der Waals surface area contributed by atoms with Crippen molar-refractivity contribution >= 4 is 28.6 Å². The van der Waals surface area contributed by atoms with E-state index < -0.39 is 0 Å². The quantitative estimate of drug-likeness (QED) is 0.679. The second kappa shape index (κ2) is 8.26. The fourth-order valence-electron chi connectivity index (χ4n) is 4.65. The Balaban J connectivity index is 1.30. The number of carbonyl (C=O) groups excluding carboxylic acids is 2. The van der Waals surface area contributed by atoms with Gasteiger partial charge in [-0.1, -0.05) is 18.2 Å². The molecule has 1 atom stereocenters. The van der Waals surface area contributed by atoms with Gasteiger partial charge in [0, 0.05) is 63.4 Å². The van der Waals surface area contributed by atoms with E-state index in [0.29, 0.717) is 31.8 Å². The molecule has 2 aliphatic rings. The predicted molar refractivity (Wildman–Crippen MR) is 121 cm³/mol. The number of hydrogen-bond donors (Lipinski definition) is 1. The number of likely N-dealkylation sites (tertiary alicyclic amines) is 2. The number of nitrogens with one attached hydrogen (secondary N) is 1. The zero-order valence-electron chi connectivity index (χ0n) is 18.4. The molecule has 1 aromatic carbocycles. The van der Waals surface area contributed by atoms with E-state index in [1.165, 1.54) is 0 Å². The number of furan rings is 1. The van der Waals surface area contributed by atoms with Gasteiger partial charge in [0.15, 0.2) is 5.76 Å². The van der Waals surface area contributed by atoms with Crippen molar-refractivity contribution in [3.63, 3.8) is 0 Å². The Kier molecular flexibility index (Phi) is 5.28. The summed E-state index contributed by atoms with van der Waals surface area (Å²) >= 11 is 0. The third-order valence-electron chi connectivity index (χ3n) is 6.56. The number of likely N-dealkylation sites (N-methyl/N-ethyl adjacent to an activating group) is 1. The predicted octanol–water partition coefficient (Wildman–Crippen LogP) is 3.23. The Hall–Kier alpha value is -3.42. The Labute approximate surface area is 186 Å². The fourth-order valence-corrected chi connectivity index (χ4v) is 4.65. The minimum Gasteiger partial charge on any atom is -0.451 e. The van der Waals surface area contributed by atoms with Crippen LogP contribution in [0.2, 0.25) is 0 Å². The summed E-state index contributed by atoms with van der Waals surface area (Å²) in [6, 6.07) is 11.4. The van der Waals surface area contributed by atoms with Crippen LogP contribution in [0.5, 0.6) is 0 Å². The van der Waals surface area contributed by atoms with Gasteiger partial charge in [-0.25, -0.2) is 9.97 Å². The molecule has 4 heterocycles. The SMILES string of the molecule is CNc1cc(C2CC(=O)N(C)C2)nc(C2CCN(C(=O)c3cc4ccccc4o3)CC2)n1. The summed E-state index contributed by atoms with van der Waals surface area (Å²) in [5.74, 6) is 2.30. The van der Waals surface area contributed by atoms with Crippen LogP contribution in [0.1, 0.15) is 53.2 Å². The van der Waals surface area contributed by atoms with E-state index in [0.717, 1.165) is 41.1 Å². The molecule has 2 fully saturated rings. The smallest absolute Gasteiger partial charge is 0.289 e. The minimum atomic E-state index is -0.0715. The van der Waals surface area contributed by atoms with Gasteiger partial charge in [0.2, 0.25) is 5.91 Å². The number of para-hydroxylation sites is 1. The van der Waals surface area contributed by atoms with E-state index >= 15 is 0 Å². The summed E-state index contributed by atoms with van der Waals surface area (Å²) in [4.78, 5) is 38.1. The van der Waals surface area contributed by atoms with E-state index in [9.17, 15) is 9.59 Å². The van der Waals surface area contributed by atoms with E-state index in [2.05, 4.69) is 5.32 Å². The number of hydrogen-bond acceptors (Lipinski definition) is 6. The van der Waals surface area contributed by atoms with Crippen LogP contribution in [0.25, 0.3) is 11.0 Å². The van der Waals surface area contributed by atoms with Crippen LogP contribution < -0.4 is 5.32 Å². The van der Waals surface area contributed by atoms with Gasteiger partial charge in [0.05, 0.1) is 5.69 Å². The van der Waals surface area contributed by atoms with Crippen molar-refractivity contribution in [3.8, 4) is 0 Å². The summed E-state index contributed by atoms with van der Waals surface area (Å²) < 4.78 is 5.76. The first-order chi connectivity index (χ1) is 15.5. The summed E-state index contributed by atoms with van der Waals surface area (Å²) in [6.07, 6.45) is 2.07. The zero-order valence-corrected chi connectivity index (χ0v) is 18.4. The lowest BCUT2D eigenvalue weighted by atomic mass is 9.95. The molecule has 0 saturated carbocycles. The Bertz CT molecular complexity index is 1130. The van der Waals surface area contributed by atoms with E-state index in [1.807, 2.05) is 55.4 Å². The molecule has 0 radical (unpaired) electrons. The Morgan fingerprint density at radius 3 is 2.59 bits per heavy atom. The third kappa shape index (κ3) is 3.81. The highest BCUT2D eigenvalue weighted by molar-refractivity contribution is 5.96. The van der Waals surface area contributed by atoms with Gasteiger partial charge >= 0.3 is 0 Å². The van der Waals surface area contributed by atoms with Crippen LogP contribution in [0, 0.1) is 0 Å². The Morgan fingerprint density at radius 1 is 1.12 bits per heavy atom. The number of amides is 2. The van der Waals surface area contributed by atoms with Crippen molar-refractivity contribution in [2.45, 2.75) is 31.1 Å². The van der Waals surface area contributed by atoms with Gasteiger partial charge < -0.3 is 19.5 Å². The maximum Gasteiger partial charge on any atom is 0.289 e. The van der Waals surface area contributed by atoms with Crippen LogP contribution >= 0.6 is 0 Å². The van der Waals surface area contributed by atoms with Crippen LogP contribution in [0.15, 0.2) is 40.8 Å². The molecule has 2 aliphatic heterocycles. The fraction of sp³-hybridized carbons (Fsp3) is 0.417. The number of piperidine rings is 1. The van der Waals surface area contributed by atoms with Crippen molar-refractivity contribution in [1.29, 1.82) is 0 Å². The van der Waals surface area contributed by atoms with Crippen molar-refractivity contribution < 1.29 is 14.0 Å². The average Bonchev–Trinajstić information content (AvgIpc) is 3.41. The summed E-state index contributed by atoms with van der Waals surface area (Å²) in [6.45, 7) is 1.95. The second-order valence-corrected chi connectivity index (χ2v) is 8.68. The molecule has 3 aromatic rings. The minimum absolute atomic E-state index is 0.0715. The molecule has 5 rings (SSSR count). The number of nitrogens with zero attached hydrogens (tertiary/aromatic N) is 4. The maximum absolute atomic E-state index is 13.0. The van der Waals surface area contributed by atoms with E-state index in [4.69, 9.17) is 14.4 Å². The van der Waals surface area contributed by atoms with Gasteiger partial charge in [0.1, 0.15) is 17.2 Å². The molecule has 2 aromatic heterocycles. The first-order valence-electron chi connectivity index (χ1n) is 11.1. The largest absolute Gasteiger partial charge is 0.451 e. The molecule has 2 amide bonds. The summed E-state index contributed by atoms with van der Waals surface area (Å²) in [5.41, 5.74) is 1.64. The summed E-state index contributed by atoms with van der Waals surface area (Å²) in [7, 11) is 3.68. The average molecular weight is 434 g/mol. The zero-order chi connectivity index (χ0) is 22.2.